The Morgan fingerprint density at radius 2 is 2.19 bits per heavy atom. The zero-order valence-electron chi connectivity index (χ0n) is 11.2. The molecule has 0 atom stereocenters. The SMILES string of the molecule is Cn1cnn(CC(=O)NCC2CC(O)(C(F)(F)F)C2)c1=O. The highest BCUT2D eigenvalue weighted by Crippen LogP contribution is 2.48. The van der Waals surface area contributed by atoms with E-state index in [0.717, 1.165) is 4.68 Å². The van der Waals surface area contributed by atoms with Gasteiger partial charge in [-0.15, -0.1) is 0 Å². The van der Waals surface area contributed by atoms with Crippen molar-refractivity contribution >= 4 is 5.91 Å². The minimum atomic E-state index is -4.64. The molecule has 0 aliphatic heterocycles. The van der Waals surface area contributed by atoms with Crippen LogP contribution in [0, 0.1) is 5.92 Å². The monoisotopic (exact) mass is 308 g/mol. The third-order valence-corrected chi connectivity index (χ3v) is 3.55. The quantitative estimate of drug-likeness (QED) is 0.777. The van der Waals surface area contributed by atoms with E-state index < -0.39 is 42.1 Å². The first-order chi connectivity index (χ1) is 9.62. The number of rotatable bonds is 4. The molecule has 1 aliphatic rings. The Hall–Kier alpha value is -1.84. The van der Waals surface area contributed by atoms with E-state index in [1.54, 1.807) is 0 Å². The first-order valence-electron chi connectivity index (χ1n) is 6.26. The maximum atomic E-state index is 12.4. The topological polar surface area (TPSA) is 89.2 Å². The summed E-state index contributed by atoms with van der Waals surface area (Å²) in [5, 5.41) is 15.4. The Morgan fingerprint density at radius 3 is 2.67 bits per heavy atom. The summed E-state index contributed by atoms with van der Waals surface area (Å²) < 4.78 is 39.4. The largest absolute Gasteiger partial charge is 0.417 e. The Labute approximate surface area is 117 Å². The normalized spacial score (nSPS) is 25.5. The van der Waals surface area contributed by atoms with Gasteiger partial charge < -0.3 is 10.4 Å². The number of nitrogens with one attached hydrogen (secondary N) is 1. The van der Waals surface area contributed by atoms with E-state index in [0.29, 0.717) is 0 Å². The molecule has 2 rings (SSSR count). The van der Waals surface area contributed by atoms with Gasteiger partial charge in [0.05, 0.1) is 0 Å². The highest BCUT2D eigenvalue weighted by molar-refractivity contribution is 5.75. The molecule has 0 aromatic carbocycles. The van der Waals surface area contributed by atoms with Crippen molar-refractivity contribution in [2.45, 2.75) is 31.2 Å². The standard InChI is InChI=1S/C11H15F3N4O3/c1-17-6-16-18(9(17)20)5-8(19)15-4-7-2-10(21,3-7)11(12,13)14/h6-7,21H,2-5H2,1H3,(H,15,19). The maximum Gasteiger partial charge on any atom is 0.417 e. The van der Waals surface area contributed by atoms with Gasteiger partial charge in [0.1, 0.15) is 12.9 Å². The number of amides is 1. The molecular weight excluding hydrogens is 293 g/mol. The van der Waals surface area contributed by atoms with Crippen molar-refractivity contribution in [2.24, 2.45) is 13.0 Å². The van der Waals surface area contributed by atoms with Gasteiger partial charge in [-0.3, -0.25) is 9.36 Å². The van der Waals surface area contributed by atoms with E-state index in [9.17, 15) is 27.9 Å². The van der Waals surface area contributed by atoms with Crippen molar-refractivity contribution in [3.63, 3.8) is 0 Å². The number of halogens is 3. The molecule has 1 saturated carbocycles. The summed E-state index contributed by atoms with van der Waals surface area (Å²) >= 11 is 0. The molecule has 1 aromatic rings. The van der Waals surface area contributed by atoms with Gasteiger partial charge >= 0.3 is 11.9 Å². The van der Waals surface area contributed by atoms with Crippen LogP contribution < -0.4 is 11.0 Å². The lowest BCUT2D eigenvalue weighted by molar-refractivity contribution is -0.298. The van der Waals surface area contributed by atoms with Gasteiger partial charge in [0.25, 0.3) is 0 Å². The molecule has 1 aromatic heterocycles. The minimum absolute atomic E-state index is 0.0266. The zero-order chi connectivity index (χ0) is 15.8. The van der Waals surface area contributed by atoms with E-state index in [1.807, 2.05) is 0 Å². The van der Waals surface area contributed by atoms with Crippen molar-refractivity contribution in [1.82, 2.24) is 19.7 Å². The second-order valence-corrected chi connectivity index (χ2v) is 5.29. The smallest absolute Gasteiger partial charge is 0.380 e. The van der Waals surface area contributed by atoms with Crippen LogP contribution in [0.2, 0.25) is 0 Å². The highest BCUT2D eigenvalue weighted by atomic mass is 19.4. The molecule has 1 amide bonds. The third kappa shape index (κ3) is 3.09. The van der Waals surface area contributed by atoms with E-state index in [4.69, 9.17) is 0 Å². The van der Waals surface area contributed by atoms with Gasteiger partial charge in [-0.1, -0.05) is 0 Å². The van der Waals surface area contributed by atoms with E-state index >= 15 is 0 Å². The zero-order valence-corrected chi connectivity index (χ0v) is 11.2. The lowest BCUT2D eigenvalue weighted by atomic mass is 9.70. The summed E-state index contributed by atoms with van der Waals surface area (Å²) in [5.74, 6) is -0.945. The summed E-state index contributed by atoms with van der Waals surface area (Å²) in [7, 11) is 1.48. The van der Waals surface area contributed by atoms with Crippen LogP contribution in [0.25, 0.3) is 0 Å². The maximum absolute atomic E-state index is 12.4. The molecular formula is C11H15F3N4O3. The van der Waals surface area contributed by atoms with Gasteiger partial charge in [-0.05, 0) is 18.8 Å². The van der Waals surface area contributed by atoms with E-state index in [2.05, 4.69) is 10.4 Å². The molecule has 1 aliphatic carbocycles. The predicted molar refractivity (Wildman–Crippen MR) is 64.2 cm³/mol. The average molecular weight is 308 g/mol. The summed E-state index contributed by atoms with van der Waals surface area (Å²) in [4.78, 5) is 23.0. The summed E-state index contributed by atoms with van der Waals surface area (Å²) in [6.45, 7) is -0.269. The van der Waals surface area contributed by atoms with E-state index in [-0.39, 0.29) is 13.1 Å². The van der Waals surface area contributed by atoms with Crippen LogP contribution in [0.3, 0.4) is 0 Å². The van der Waals surface area contributed by atoms with Crippen molar-refractivity contribution in [1.29, 1.82) is 0 Å². The summed E-state index contributed by atoms with van der Waals surface area (Å²) in [6, 6.07) is 0. The molecule has 0 saturated heterocycles. The first-order valence-corrected chi connectivity index (χ1v) is 6.26. The minimum Gasteiger partial charge on any atom is -0.380 e. The molecule has 7 nitrogen and oxygen atoms in total. The van der Waals surface area contributed by atoms with Crippen LogP contribution in [-0.2, 0) is 18.4 Å². The lowest BCUT2D eigenvalue weighted by Gasteiger charge is -2.44. The molecule has 118 valence electrons. The second-order valence-electron chi connectivity index (χ2n) is 5.29. The second kappa shape index (κ2) is 5.17. The highest BCUT2D eigenvalue weighted by Gasteiger charge is 2.60. The van der Waals surface area contributed by atoms with Crippen LogP contribution in [0.5, 0.6) is 0 Å². The average Bonchev–Trinajstić information content (AvgIpc) is 2.63. The Kier molecular flexibility index (Phi) is 3.83. The number of carbonyl (C=O) groups excluding carboxylic acids is 1. The molecule has 1 heterocycles. The molecule has 0 unspecified atom stereocenters. The molecule has 21 heavy (non-hydrogen) atoms. The van der Waals surface area contributed by atoms with Gasteiger partial charge in [0, 0.05) is 13.6 Å². The van der Waals surface area contributed by atoms with Gasteiger partial charge in [-0.25, -0.2) is 9.48 Å². The molecule has 10 heteroatoms. The number of aliphatic hydroxyl groups is 1. The third-order valence-electron chi connectivity index (χ3n) is 3.55. The van der Waals surface area contributed by atoms with Crippen LogP contribution in [0.1, 0.15) is 12.8 Å². The van der Waals surface area contributed by atoms with Crippen LogP contribution in [0.15, 0.2) is 11.1 Å². The summed E-state index contributed by atoms with van der Waals surface area (Å²) in [5.41, 5.74) is -3.10. The van der Waals surface area contributed by atoms with Crippen molar-refractivity contribution < 1.29 is 23.1 Å². The number of aromatic nitrogens is 3. The number of aryl methyl sites for hydroxylation is 1. The summed E-state index contributed by atoms with van der Waals surface area (Å²) in [6.07, 6.45) is -4.25. The molecule has 0 spiro atoms. The van der Waals surface area contributed by atoms with Crippen molar-refractivity contribution in [3.8, 4) is 0 Å². The molecule has 2 N–H and O–H groups in total. The lowest BCUT2D eigenvalue weighted by Crippen LogP contribution is -2.57. The van der Waals surface area contributed by atoms with Crippen molar-refractivity contribution in [3.05, 3.63) is 16.8 Å². The van der Waals surface area contributed by atoms with Crippen molar-refractivity contribution in [2.75, 3.05) is 6.54 Å². The predicted octanol–water partition coefficient (Wildman–Crippen LogP) is -0.599. The number of hydrogen-bond acceptors (Lipinski definition) is 4. The first kappa shape index (κ1) is 15.5. The van der Waals surface area contributed by atoms with Crippen LogP contribution in [0.4, 0.5) is 13.2 Å². The number of nitrogens with zero attached hydrogens (tertiary/aromatic N) is 3. The number of alkyl halides is 3. The molecule has 0 radical (unpaired) electrons. The fraction of sp³-hybridized carbons (Fsp3) is 0.727. The number of carbonyl (C=O) groups is 1. The van der Waals surface area contributed by atoms with Gasteiger partial charge in [0.15, 0.2) is 5.60 Å². The molecule has 1 fully saturated rings. The van der Waals surface area contributed by atoms with Gasteiger partial charge in [0.2, 0.25) is 5.91 Å². The van der Waals surface area contributed by atoms with Crippen LogP contribution >= 0.6 is 0 Å². The van der Waals surface area contributed by atoms with Crippen LogP contribution in [-0.4, -0.2) is 43.7 Å². The Morgan fingerprint density at radius 1 is 1.57 bits per heavy atom. The number of hydrogen-bond donors (Lipinski definition) is 2. The fourth-order valence-electron chi connectivity index (χ4n) is 2.25. The fourth-order valence-corrected chi connectivity index (χ4v) is 2.25. The Balaban J connectivity index is 1.77. The Bertz CT molecular complexity index is 586. The van der Waals surface area contributed by atoms with E-state index in [1.165, 1.54) is 17.9 Å². The van der Waals surface area contributed by atoms with Gasteiger partial charge in [-0.2, -0.15) is 18.3 Å². The molecule has 0 bridgehead atoms.